The van der Waals surface area contributed by atoms with E-state index < -0.39 is 59.6 Å². The van der Waals surface area contributed by atoms with Gasteiger partial charge in [-0.3, -0.25) is 9.48 Å². The molecular formula is C20H22F5N3O4. The molecule has 7 nitrogen and oxygen atoms in total. The Morgan fingerprint density at radius 3 is 2.56 bits per heavy atom. The number of carbonyl (C=O) groups excluding carboxylic acids is 1. The molecule has 1 aliphatic heterocycles. The minimum Gasteiger partial charge on any atom is -0.493 e. The molecule has 0 aliphatic carbocycles. The van der Waals surface area contributed by atoms with Crippen molar-refractivity contribution in [2.75, 3.05) is 12.4 Å². The van der Waals surface area contributed by atoms with Gasteiger partial charge in [-0.2, -0.15) is 22.7 Å². The van der Waals surface area contributed by atoms with Gasteiger partial charge in [0.2, 0.25) is 5.82 Å². The van der Waals surface area contributed by atoms with E-state index in [0.29, 0.717) is 0 Å². The molecule has 0 saturated carbocycles. The van der Waals surface area contributed by atoms with Gasteiger partial charge in [-0.1, -0.05) is 13.0 Å². The first-order valence-corrected chi connectivity index (χ1v) is 9.56. The van der Waals surface area contributed by atoms with Gasteiger partial charge in [0.15, 0.2) is 17.2 Å². The standard InChI is InChI=1S/C20H22F5N3O4/c1-9-14(11-5-6-12(21)15(22)16(11)31-4)17(32-19(9,2)20(23,24)25)18(30)26-13-7-10(8-29)27-28(13)3/h5-7,9,14,17,29H,8H2,1-4H3,(H,26,30). The van der Waals surface area contributed by atoms with E-state index in [0.717, 1.165) is 26.2 Å². The molecule has 12 heteroatoms. The van der Waals surface area contributed by atoms with Crippen LogP contribution in [0.15, 0.2) is 18.2 Å². The molecule has 2 heterocycles. The van der Waals surface area contributed by atoms with Gasteiger partial charge in [-0.15, -0.1) is 0 Å². The molecule has 1 aliphatic rings. The molecule has 3 rings (SSSR count). The van der Waals surface area contributed by atoms with E-state index >= 15 is 0 Å². The summed E-state index contributed by atoms with van der Waals surface area (Å²) in [5.74, 6) is -6.76. The molecule has 32 heavy (non-hydrogen) atoms. The third kappa shape index (κ3) is 3.81. The second-order valence-electron chi connectivity index (χ2n) is 7.73. The lowest BCUT2D eigenvalue weighted by atomic mass is 9.77. The number of rotatable bonds is 5. The molecule has 0 spiro atoms. The number of methoxy groups -OCH3 is 1. The number of benzene rings is 1. The first-order valence-electron chi connectivity index (χ1n) is 9.56. The number of aromatic nitrogens is 2. The number of anilines is 1. The zero-order valence-electron chi connectivity index (χ0n) is 17.6. The van der Waals surface area contributed by atoms with Crippen LogP contribution in [0, 0.1) is 17.6 Å². The van der Waals surface area contributed by atoms with Crippen LogP contribution in [0.25, 0.3) is 0 Å². The van der Waals surface area contributed by atoms with Gasteiger partial charge in [0.1, 0.15) is 11.9 Å². The van der Waals surface area contributed by atoms with Gasteiger partial charge >= 0.3 is 6.18 Å². The summed E-state index contributed by atoms with van der Waals surface area (Å²) in [6, 6.07) is 3.18. The smallest absolute Gasteiger partial charge is 0.417 e. The predicted molar refractivity (Wildman–Crippen MR) is 102 cm³/mol. The summed E-state index contributed by atoms with van der Waals surface area (Å²) >= 11 is 0. The van der Waals surface area contributed by atoms with Crippen molar-refractivity contribution in [2.24, 2.45) is 13.0 Å². The molecule has 176 valence electrons. The third-order valence-electron chi connectivity index (χ3n) is 5.91. The van der Waals surface area contributed by atoms with Gasteiger partial charge in [0.25, 0.3) is 5.91 Å². The lowest BCUT2D eigenvalue weighted by Crippen LogP contribution is -2.47. The van der Waals surface area contributed by atoms with Crippen LogP contribution in [-0.2, 0) is 23.2 Å². The van der Waals surface area contributed by atoms with Crippen LogP contribution in [-0.4, -0.2) is 45.8 Å². The number of nitrogens with one attached hydrogen (secondary N) is 1. The molecule has 4 atom stereocenters. The summed E-state index contributed by atoms with van der Waals surface area (Å²) in [6.45, 7) is 1.61. The summed E-state index contributed by atoms with van der Waals surface area (Å²) < 4.78 is 81.3. The van der Waals surface area contributed by atoms with Gasteiger partial charge in [-0.05, 0) is 13.0 Å². The number of aliphatic hydroxyl groups is 1. The largest absolute Gasteiger partial charge is 0.493 e. The Kier molecular flexibility index (Phi) is 6.22. The average Bonchev–Trinajstić information content (AvgIpc) is 3.21. The molecule has 1 aromatic heterocycles. The van der Waals surface area contributed by atoms with E-state index in [4.69, 9.17) is 9.47 Å². The highest BCUT2D eigenvalue weighted by Crippen LogP contribution is 2.55. The van der Waals surface area contributed by atoms with Crippen LogP contribution < -0.4 is 10.1 Å². The fourth-order valence-electron chi connectivity index (χ4n) is 3.96. The van der Waals surface area contributed by atoms with E-state index in [-0.39, 0.29) is 17.1 Å². The van der Waals surface area contributed by atoms with Crippen LogP contribution >= 0.6 is 0 Å². The first kappa shape index (κ1) is 23.9. The summed E-state index contributed by atoms with van der Waals surface area (Å²) in [4.78, 5) is 13.0. The fourth-order valence-corrected chi connectivity index (χ4v) is 3.96. The van der Waals surface area contributed by atoms with Gasteiger partial charge in [0, 0.05) is 30.5 Å². The lowest BCUT2D eigenvalue weighted by molar-refractivity contribution is -0.272. The average molecular weight is 463 g/mol. The zero-order chi connectivity index (χ0) is 24.0. The summed E-state index contributed by atoms with van der Waals surface area (Å²) in [5, 5.41) is 15.6. The van der Waals surface area contributed by atoms with Crippen molar-refractivity contribution < 1.29 is 41.3 Å². The third-order valence-corrected chi connectivity index (χ3v) is 5.91. The van der Waals surface area contributed by atoms with Crippen molar-refractivity contribution in [3.05, 3.63) is 41.1 Å². The van der Waals surface area contributed by atoms with Crippen LogP contribution in [0.3, 0.4) is 0 Å². The maximum Gasteiger partial charge on any atom is 0.417 e. The second-order valence-corrected chi connectivity index (χ2v) is 7.73. The highest BCUT2D eigenvalue weighted by molar-refractivity contribution is 5.94. The molecule has 1 amide bonds. The topological polar surface area (TPSA) is 85.6 Å². The monoisotopic (exact) mass is 463 g/mol. The molecule has 2 aromatic rings. The minimum absolute atomic E-state index is 0.104. The van der Waals surface area contributed by atoms with E-state index in [1.54, 1.807) is 0 Å². The quantitative estimate of drug-likeness (QED) is 0.665. The Morgan fingerprint density at radius 2 is 2.03 bits per heavy atom. The molecule has 1 fully saturated rings. The minimum atomic E-state index is -4.86. The summed E-state index contributed by atoms with van der Waals surface area (Å²) in [7, 11) is 2.51. The number of halogens is 5. The summed E-state index contributed by atoms with van der Waals surface area (Å²) in [6.07, 6.45) is -6.58. The number of aryl methyl sites for hydroxylation is 1. The molecule has 0 radical (unpaired) electrons. The van der Waals surface area contributed by atoms with Crippen molar-refractivity contribution in [3.63, 3.8) is 0 Å². The van der Waals surface area contributed by atoms with Crippen LogP contribution in [0.5, 0.6) is 5.75 Å². The van der Waals surface area contributed by atoms with Crippen molar-refractivity contribution in [2.45, 2.75) is 44.3 Å². The van der Waals surface area contributed by atoms with E-state index in [1.807, 2.05) is 0 Å². The number of alkyl halides is 3. The maximum absolute atomic E-state index is 14.3. The SMILES string of the molecule is COc1c(C2C(C(=O)Nc3cc(CO)nn3C)OC(C)(C(F)(F)F)C2C)ccc(F)c1F. The van der Waals surface area contributed by atoms with Gasteiger partial charge in [0.05, 0.1) is 19.4 Å². The number of hydrogen-bond donors (Lipinski definition) is 2. The molecule has 1 aromatic carbocycles. The van der Waals surface area contributed by atoms with Crippen molar-refractivity contribution in [1.29, 1.82) is 0 Å². The van der Waals surface area contributed by atoms with Crippen LogP contribution in [0.2, 0.25) is 0 Å². The number of aliphatic hydroxyl groups excluding tert-OH is 1. The van der Waals surface area contributed by atoms with Gasteiger partial charge < -0.3 is 19.9 Å². The molecule has 4 unspecified atom stereocenters. The van der Waals surface area contributed by atoms with Gasteiger partial charge in [-0.25, -0.2) is 4.39 Å². The van der Waals surface area contributed by atoms with Crippen molar-refractivity contribution >= 4 is 11.7 Å². The lowest BCUT2D eigenvalue weighted by Gasteiger charge is -2.32. The Hall–Kier alpha value is -2.73. The normalized spacial score (nSPS) is 25.8. The Morgan fingerprint density at radius 1 is 1.38 bits per heavy atom. The Balaban J connectivity index is 2.08. The van der Waals surface area contributed by atoms with Crippen LogP contribution in [0.1, 0.15) is 31.0 Å². The zero-order valence-corrected chi connectivity index (χ0v) is 17.6. The molecule has 0 bridgehead atoms. The number of carbonyl (C=O) groups is 1. The fraction of sp³-hybridized carbons (Fsp3) is 0.500. The molecule has 1 saturated heterocycles. The van der Waals surface area contributed by atoms with E-state index in [9.17, 15) is 31.9 Å². The molecular weight excluding hydrogens is 441 g/mol. The Labute approximate surface area is 180 Å². The highest BCUT2D eigenvalue weighted by Gasteiger charge is 2.66. The van der Waals surface area contributed by atoms with Crippen molar-refractivity contribution in [1.82, 2.24) is 9.78 Å². The molecule has 2 N–H and O–H groups in total. The Bertz CT molecular complexity index is 1030. The van der Waals surface area contributed by atoms with Crippen molar-refractivity contribution in [3.8, 4) is 5.75 Å². The number of amides is 1. The number of ether oxygens (including phenoxy) is 2. The van der Waals surface area contributed by atoms with E-state index in [1.165, 1.54) is 24.7 Å². The highest BCUT2D eigenvalue weighted by atomic mass is 19.4. The maximum atomic E-state index is 14.3. The van der Waals surface area contributed by atoms with E-state index in [2.05, 4.69) is 10.4 Å². The predicted octanol–water partition coefficient (Wildman–Crippen LogP) is 3.28. The summed E-state index contributed by atoms with van der Waals surface area (Å²) in [5.41, 5.74) is -2.66. The first-order chi connectivity index (χ1) is 14.9. The second kappa shape index (κ2) is 8.32. The van der Waals surface area contributed by atoms with Crippen LogP contribution in [0.4, 0.5) is 27.8 Å². The number of hydrogen-bond acceptors (Lipinski definition) is 5. The number of nitrogens with zero attached hydrogens (tertiary/aromatic N) is 2.